The predicted molar refractivity (Wildman–Crippen MR) is 248 cm³/mol. The maximum absolute atomic E-state index is 4.37. The quantitative estimate of drug-likeness (QED) is 0.162. The molecular formula is C56H42N2Si. The van der Waals surface area contributed by atoms with Crippen LogP contribution in [0.15, 0.2) is 219 Å². The van der Waals surface area contributed by atoms with Gasteiger partial charge in [-0.2, -0.15) is 0 Å². The van der Waals surface area contributed by atoms with Crippen LogP contribution in [0.5, 0.6) is 0 Å². The van der Waals surface area contributed by atoms with Gasteiger partial charge in [-0.1, -0.05) is 175 Å². The molecule has 3 heteroatoms. The number of nitrogens with zero attached hydrogens (tertiary/aromatic N) is 2. The Morgan fingerprint density at radius 2 is 0.831 bits per heavy atom. The summed E-state index contributed by atoms with van der Waals surface area (Å²) in [5, 5.41) is 5.67. The molecule has 280 valence electrons. The van der Waals surface area contributed by atoms with Gasteiger partial charge in [0.2, 0.25) is 0 Å². The van der Waals surface area contributed by atoms with Crippen molar-refractivity contribution >= 4 is 45.9 Å². The Labute approximate surface area is 347 Å². The first-order chi connectivity index (χ1) is 29.1. The molecule has 0 aliphatic carbocycles. The van der Waals surface area contributed by atoms with E-state index in [0.717, 1.165) is 16.8 Å². The van der Waals surface area contributed by atoms with E-state index in [0.29, 0.717) is 0 Å². The fourth-order valence-corrected chi connectivity index (χ4v) is 15.7. The van der Waals surface area contributed by atoms with Crippen molar-refractivity contribution < 1.29 is 0 Å². The number of fused-ring (bicyclic) bond motifs is 8. The zero-order valence-corrected chi connectivity index (χ0v) is 34.2. The highest BCUT2D eigenvalue weighted by molar-refractivity contribution is 7.20. The molecule has 0 bridgehead atoms. The molecule has 3 heterocycles. The van der Waals surface area contributed by atoms with Crippen LogP contribution in [0.25, 0.3) is 22.3 Å². The maximum Gasteiger partial charge on any atom is 0.180 e. The van der Waals surface area contributed by atoms with E-state index in [4.69, 9.17) is 0 Å². The first-order valence-electron chi connectivity index (χ1n) is 20.5. The van der Waals surface area contributed by atoms with Gasteiger partial charge < -0.3 is 4.90 Å². The van der Waals surface area contributed by atoms with Gasteiger partial charge in [0, 0.05) is 18.1 Å². The van der Waals surface area contributed by atoms with Crippen LogP contribution in [0.1, 0.15) is 33.4 Å². The van der Waals surface area contributed by atoms with Crippen molar-refractivity contribution in [3.05, 3.63) is 252 Å². The van der Waals surface area contributed by atoms with Gasteiger partial charge in [0.1, 0.15) is 0 Å². The Balaban J connectivity index is 1.27. The van der Waals surface area contributed by atoms with Crippen molar-refractivity contribution in [2.24, 2.45) is 0 Å². The summed E-state index contributed by atoms with van der Waals surface area (Å²) in [6.45, 7) is 4.49. The number of pyridine rings is 1. The molecule has 2 aliphatic rings. The van der Waals surface area contributed by atoms with E-state index in [1.54, 1.807) is 0 Å². The first-order valence-corrected chi connectivity index (χ1v) is 22.5. The zero-order chi connectivity index (χ0) is 39.6. The minimum atomic E-state index is -2.85. The molecule has 0 fully saturated rings. The van der Waals surface area contributed by atoms with Crippen molar-refractivity contribution in [1.82, 2.24) is 4.98 Å². The minimum absolute atomic E-state index is 0.600. The fourth-order valence-electron chi connectivity index (χ4n) is 10.4. The summed E-state index contributed by atoms with van der Waals surface area (Å²) in [6, 6.07) is 77.9. The van der Waals surface area contributed by atoms with Crippen LogP contribution >= 0.6 is 0 Å². The van der Waals surface area contributed by atoms with Crippen molar-refractivity contribution in [3.63, 3.8) is 0 Å². The van der Waals surface area contributed by atoms with E-state index in [1.807, 2.05) is 12.4 Å². The maximum atomic E-state index is 4.37. The standard InChI is InChI=1S/C56H42N2Si/c1-39-26-28-52-50(34-39)56(48-22-12-14-24-54(48)59(46-18-8-4-9-19-46,47-20-10-5-11-21-47)55-25-15-13-23-49(55)56)51-35-40(2)27-29-53(51)58(52)45-37-43(41-16-6-3-7-17-41)36-44(38-45)42-30-32-57-33-31-42/h3-38H,1-2H3. The van der Waals surface area contributed by atoms with Gasteiger partial charge >= 0.3 is 0 Å². The Hall–Kier alpha value is -7.07. The predicted octanol–water partition coefficient (Wildman–Crippen LogP) is 10.9. The van der Waals surface area contributed by atoms with Crippen LogP contribution in [-0.4, -0.2) is 13.1 Å². The van der Waals surface area contributed by atoms with Crippen LogP contribution in [0.3, 0.4) is 0 Å². The van der Waals surface area contributed by atoms with Gasteiger partial charge in [0.05, 0.1) is 16.8 Å². The summed E-state index contributed by atoms with van der Waals surface area (Å²) in [5.41, 5.74) is 15.4. The third-order valence-electron chi connectivity index (χ3n) is 12.8. The zero-order valence-electron chi connectivity index (χ0n) is 33.2. The smallest absolute Gasteiger partial charge is 0.180 e. The number of aryl methyl sites for hydroxylation is 2. The highest BCUT2D eigenvalue weighted by atomic mass is 28.3. The molecular weight excluding hydrogens is 729 g/mol. The second-order valence-corrected chi connectivity index (χ2v) is 19.8. The Bertz CT molecular complexity index is 2810. The lowest BCUT2D eigenvalue weighted by molar-refractivity contribution is 0.734. The number of benzene rings is 8. The molecule has 2 nitrogen and oxygen atoms in total. The summed E-state index contributed by atoms with van der Waals surface area (Å²) in [4.78, 5) is 6.90. The summed E-state index contributed by atoms with van der Waals surface area (Å²) in [7, 11) is -2.85. The molecule has 0 saturated heterocycles. The number of aromatic nitrogens is 1. The number of hydrogen-bond donors (Lipinski definition) is 0. The van der Waals surface area contributed by atoms with Crippen molar-refractivity contribution in [3.8, 4) is 22.3 Å². The highest BCUT2D eigenvalue weighted by Crippen LogP contribution is 2.59. The van der Waals surface area contributed by atoms with Crippen LogP contribution in [0.2, 0.25) is 0 Å². The lowest BCUT2D eigenvalue weighted by Crippen LogP contribution is -2.79. The Morgan fingerprint density at radius 1 is 0.390 bits per heavy atom. The lowest BCUT2D eigenvalue weighted by atomic mass is 9.61. The normalized spacial score (nSPS) is 14.2. The number of hydrogen-bond acceptors (Lipinski definition) is 2. The summed E-state index contributed by atoms with van der Waals surface area (Å²) in [6.07, 6.45) is 3.77. The van der Waals surface area contributed by atoms with E-state index in [9.17, 15) is 0 Å². The molecule has 0 atom stereocenters. The van der Waals surface area contributed by atoms with E-state index in [2.05, 4.69) is 230 Å². The SMILES string of the molecule is Cc1ccc2c(c1)C1(c3cc(C)ccc3N2c2cc(-c3ccccc3)cc(-c3ccncc3)c2)c2ccccc2[Si](c2ccccc2)(c2ccccc2)c2ccccc21. The fraction of sp³-hybridized carbons (Fsp3) is 0.0536. The second-order valence-electron chi connectivity index (χ2n) is 16.1. The highest BCUT2D eigenvalue weighted by Gasteiger charge is 2.57. The molecule has 1 spiro atoms. The Kier molecular flexibility index (Phi) is 8.21. The van der Waals surface area contributed by atoms with Crippen LogP contribution in [0.4, 0.5) is 17.1 Å². The number of anilines is 3. The second kappa shape index (κ2) is 13.8. The van der Waals surface area contributed by atoms with Gasteiger partial charge in [0.25, 0.3) is 0 Å². The molecule has 9 aromatic rings. The third kappa shape index (κ3) is 5.21. The minimum Gasteiger partial charge on any atom is -0.310 e. The van der Waals surface area contributed by atoms with E-state index < -0.39 is 13.5 Å². The molecule has 0 radical (unpaired) electrons. The molecule has 0 amide bonds. The van der Waals surface area contributed by atoms with Crippen LogP contribution < -0.4 is 25.6 Å². The van der Waals surface area contributed by atoms with Gasteiger partial charge in [-0.05, 0) is 122 Å². The average Bonchev–Trinajstić information content (AvgIpc) is 3.30. The lowest BCUT2D eigenvalue weighted by Gasteiger charge is -2.53. The van der Waals surface area contributed by atoms with Gasteiger partial charge in [-0.25, -0.2) is 0 Å². The van der Waals surface area contributed by atoms with Crippen LogP contribution in [0, 0.1) is 13.8 Å². The summed E-state index contributed by atoms with van der Waals surface area (Å²) < 4.78 is 0. The summed E-state index contributed by atoms with van der Waals surface area (Å²) >= 11 is 0. The van der Waals surface area contributed by atoms with Gasteiger partial charge in [0.15, 0.2) is 8.07 Å². The summed E-state index contributed by atoms with van der Waals surface area (Å²) in [5.74, 6) is 0. The molecule has 1 aromatic heterocycles. The topological polar surface area (TPSA) is 16.1 Å². The van der Waals surface area contributed by atoms with Crippen molar-refractivity contribution in [1.29, 1.82) is 0 Å². The average molecular weight is 771 g/mol. The number of rotatable bonds is 5. The molecule has 59 heavy (non-hydrogen) atoms. The molecule has 8 aromatic carbocycles. The van der Waals surface area contributed by atoms with E-state index in [1.165, 1.54) is 76.6 Å². The Morgan fingerprint density at radius 3 is 1.34 bits per heavy atom. The molecule has 0 saturated carbocycles. The monoisotopic (exact) mass is 770 g/mol. The van der Waals surface area contributed by atoms with E-state index in [-0.39, 0.29) is 0 Å². The van der Waals surface area contributed by atoms with Gasteiger partial charge in [-0.15, -0.1) is 0 Å². The molecule has 0 N–H and O–H groups in total. The van der Waals surface area contributed by atoms with Crippen molar-refractivity contribution in [2.75, 3.05) is 4.90 Å². The molecule has 11 rings (SSSR count). The molecule has 0 unspecified atom stereocenters. The van der Waals surface area contributed by atoms with E-state index >= 15 is 0 Å². The molecule has 2 aliphatic heterocycles. The van der Waals surface area contributed by atoms with Crippen LogP contribution in [-0.2, 0) is 5.41 Å². The van der Waals surface area contributed by atoms with Gasteiger partial charge in [-0.3, -0.25) is 4.98 Å². The van der Waals surface area contributed by atoms with Crippen molar-refractivity contribution in [2.45, 2.75) is 19.3 Å². The first kappa shape index (κ1) is 35.1. The third-order valence-corrected chi connectivity index (χ3v) is 17.7. The largest absolute Gasteiger partial charge is 0.310 e.